The summed E-state index contributed by atoms with van der Waals surface area (Å²) in [5.41, 5.74) is 12.1. The van der Waals surface area contributed by atoms with Gasteiger partial charge in [-0.3, -0.25) is 24.7 Å². The Morgan fingerprint density at radius 2 is 1.66 bits per heavy atom. The molecule has 0 aliphatic rings. The third-order valence-corrected chi connectivity index (χ3v) is 5.76. The van der Waals surface area contributed by atoms with Gasteiger partial charge in [-0.2, -0.15) is 4.98 Å². The van der Waals surface area contributed by atoms with Crippen LogP contribution in [0.4, 0.5) is 5.95 Å². The lowest BCUT2D eigenvalue weighted by molar-refractivity contribution is -0.130. The van der Waals surface area contributed by atoms with Gasteiger partial charge in [-0.25, -0.2) is 0 Å². The minimum atomic E-state index is -0.415. The largest absolute Gasteiger partial charge is 0.342 e. The standard InChI is InChI=1S/C25H29N7O3/c26-9-3-11-32(12-4-10-27)21(33)15-19-14-20-22(28-19)29-25(31-24(20)35)30-23(34)18-8-7-16-5-1-2-6-17(16)13-18/h1-2,5-8,13-14H,3-4,9-12,15,26-27H2,(H3,28,29,30,31,34,35). The fourth-order valence-electron chi connectivity index (χ4n) is 3.94. The average Bonchev–Trinajstić information content (AvgIpc) is 3.26. The Morgan fingerprint density at radius 1 is 0.943 bits per heavy atom. The zero-order valence-electron chi connectivity index (χ0n) is 19.3. The van der Waals surface area contributed by atoms with Gasteiger partial charge in [0.15, 0.2) is 0 Å². The number of carbonyl (C=O) groups is 2. The second kappa shape index (κ2) is 10.9. The molecule has 0 aliphatic carbocycles. The molecule has 2 amide bonds. The lowest BCUT2D eigenvalue weighted by Crippen LogP contribution is -2.35. The maximum Gasteiger partial charge on any atom is 0.261 e. The van der Waals surface area contributed by atoms with Crippen molar-refractivity contribution in [1.29, 1.82) is 0 Å². The summed E-state index contributed by atoms with van der Waals surface area (Å²) in [4.78, 5) is 49.9. The maximum atomic E-state index is 12.8. The number of carbonyl (C=O) groups excluding carboxylic acids is 2. The Morgan fingerprint density at radius 3 is 2.37 bits per heavy atom. The summed E-state index contributed by atoms with van der Waals surface area (Å²) in [6, 6.07) is 14.7. The van der Waals surface area contributed by atoms with Crippen LogP contribution in [0.2, 0.25) is 0 Å². The van der Waals surface area contributed by atoms with Crippen LogP contribution in [0.3, 0.4) is 0 Å². The molecule has 35 heavy (non-hydrogen) atoms. The highest BCUT2D eigenvalue weighted by Gasteiger charge is 2.17. The number of H-pyrrole nitrogens is 2. The Labute approximate surface area is 201 Å². The number of nitrogens with zero attached hydrogens (tertiary/aromatic N) is 2. The summed E-state index contributed by atoms with van der Waals surface area (Å²) in [5, 5.41) is 4.91. The summed E-state index contributed by atoms with van der Waals surface area (Å²) in [6.07, 6.45) is 1.48. The first-order valence-electron chi connectivity index (χ1n) is 11.6. The zero-order chi connectivity index (χ0) is 24.8. The van der Waals surface area contributed by atoms with E-state index in [-0.39, 0.29) is 18.3 Å². The molecular formula is C25H29N7O3. The van der Waals surface area contributed by atoms with Crippen LogP contribution in [-0.2, 0) is 11.2 Å². The fourth-order valence-corrected chi connectivity index (χ4v) is 3.94. The number of rotatable bonds is 10. The molecule has 2 aromatic heterocycles. The number of nitrogens with one attached hydrogen (secondary N) is 3. The van der Waals surface area contributed by atoms with Gasteiger partial charge in [-0.1, -0.05) is 30.3 Å². The minimum Gasteiger partial charge on any atom is -0.342 e. The van der Waals surface area contributed by atoms with Gasteiger partial charge in [0, 0.05) is 24.3 Å². The quantitative estimate of drug-likeness (QED) is 0.234. The van der Waals surface area contributed by atoms with Crippen LogP contribution < -0.4 is 22.3 Å². The molecule has 0 radical (unpaired) electrons. The molecule has 2 aromatic carbocycles. The average molecular weight is 476 g/mol. The van der Waals surface area contributed by atoms with Gasteiger partial charge in [0.1, 0.15) is 5.65 Å². The van der Waals surface area contributed by atoms with Crippen LogP contribution in [0.1, 0.15) is 28.9 Å². The lowest BCUT2D eigenvalue weighted by Gasteiger charge is -2.22. The predicted octanol–water partition coefficient (Wildman–Crippen LogP) is 1.73. The van der Waals surface area contributed by atoms with Crippen LogP contribution in [-0.4, -0.2) is 57.8 Å². The number of fused-ring (bicyclic) bond motifs is 2. The van der Waals surface area contributed by atoms with E-state index in [2.05, 4.69) is 20.3 Å². The van der Waals surface area contributed by atoms with Crippen LogP contribution in [0.25, 0.3) is 21.8 Å². The van der Waals surface area contributed by atoms with Gasteiger partial charge in [-0.05, 0) is 54.9 Å². The van der Waals surface area contributed by atoms with E-state index in [0.717, 1.165) is 10.8 Å². The lowest BCUT2D eigenvalue weighted by atomic mass is 10.1. The third kappa shape index (κ3) is 5.73. The number of nitrogens with two attached hydrogens (primary N) is 2. The minimum absolute atomic E-state index is 0.0212. The highest BCUT2D eigenvalue weighted by Crippen LogP contribution is 2.17. The molecule has 4 rings (SSSR count). The van der Waals surface area contributed by atoms with Crippen molar-refractivity contribution in [3.63, 3.8) is 0 Å². The summed E-state index contributed by atoms with van der Waals surface area (Å²) >= 11 is 0. The molecule has 0 saturated carbocycles. The number of hydrogen-bond donors (Lipinski definition) is 5. The fraction of sp³-hybridized carbons (Fsp3) is 0.280. The Balaban J connectivity index is 1.51. The van der Waals surface area contributed by atoms with Crippen molar-refractivity contribution in [3.8, 4) is 0 Å². The maximum absolute atomic E-state index is 12.8. The first-order valence-corrected chi connectivity index (χ1v) is 11.6. The number of aromatic amines is 2. The van der Waals surface area contributed by atoms with E-state index in [4.69, 9.17) is 11.5 Å². The summed E-state index contributed by atoms with van der Waals surface area (Å²) in [5.74, 6) is -0.455. The number of hydrogen-bond acceptors (Lipinski definition) is 6. The van der Waals surface area contributed by atoms with Crippen molar-refractivity contribution in [2.75, 3.05) is 31.5 Å². The van der Waals surface area contributed by atoms with Gasteiger partial charge in [0.2, 0.25) is 11.9 Å². The number of amides is 2. The monoisotopic (exact) mass is 475 g/mol. The van der Waals surface area contributed by atoms with Crippen molar-refractivity contribution < 1.29 is 9.59 Å². The molecule has 0 saturated heterocycles. The molecule has 4 aromatic rings. The van der Waals surface area contributed by atoms with E-state index in [1.807, 2.05) is 30.3 Å². The van der Waals surface area contributed by atoms with Crippen molar-refractivity contribution >= 4 is 39.6 Å². The molecule has 0 aliphatic heterocycles. The molecular weight excluding hydrogens is 446 g/mol. The number of anilines is 1. The van der Waals surface area contributed by atoms with Gasteiger partial charge >= 0.3 is 0 Å². The molecule has 7 N–H and O–H groups in total. The van der Waals surface area contributed by atoms with E-state index < -0.39 is 11.5 Å². The molecule has 0 fully saturated rings. The molecule has 10 heteroatoms. The van der Waals surface area contributed by atoms with E-state index in [9.17, 15) is 14.4 Å². The smallest absolute Gasteiger partial charge is 0.261 e. The molecule has 182 valence electrons. The number of benzene rings is 2. The Hall–Kier alpha value is -4.02. The molecule has 0 atom stereocenters. The molecule has 10 nitrogen and oxygen atoms in total. The van der Waals surface area contributed by atoms with Crippen LogP contribution in [0, 0.1) is 0 Å². The normalized spacial score (nSPS) is 11.1. The molecule has 0 spiro atoms. The second-order valence-electron chi connectivity index (χ2n) is 8.33. The van der Waals surface area contributed by atoms with Gasteiger partial charge in [0.25, 0.3) is 11.5 Å². The second-order valence-corrected chi connectivity index (χ2v) is 8.33. The van der Waals surface area contributed by atoms with Crippen molar-refractivity contribution in [2.24, 2.45) is 11.5 Å². The van der Waals surface area contributed by atoms with E-state index in [1.165, 1.54) is 0 Å². The summed E-state index contributed by atoms with van der Waals surface area (Å²) < 4.78 is 0. The van der Waals surface area contributed by atoms with Gasteiger partial charge < -0.3 is 21.4 Å². The van der Waals surface area contributed by atoms with Crippen molar-refractivity contribution in [2.45, 2.75) is 19.3 Å². The first kappa shape index (κ1) is 24.1. The highest BCUT2D eigenvalue weighted by molar-refractivity contribution is 6.05. The van der Waals surface area contributed by atoms with E-state index >= 15 is 0 Å². The van der Waals surface area contributed by atoms with Crippen LogP contribution in [0.15, 0.2) is 53.3 Å². The van der Waals surface area contributed by atoms with E-state index in [0.29, 0.717) is 61.3 Å². The topological polar surface area (TPSA) is 163 Å². The van der Waals surface area contributed by atoms with Gasteiger partial charge in [0.05, 0.1) is 11.8 Å². The Kier molecular flexibility index (Phi) is 7.54. The predicted molar refractivity (Wildman–Crippen MR) is 136 cm³/mol. The molecule has 2 heterocycles. The van der Waals surface area contributed by atoms with E-state index in [1.54, 1.807) is 23.1 Å². The summed E-state index contributed by atoms with van der Waals surface area (Å²) in [6.45, 7) is 2.09. The summed E-state index contributed by atoms with van der Waals surface area (Å²) in [7, 11) is 0. The van der Waals surface area contributed by atoms with Crippen LogP contribution in [0.5, 0.6) is 0 Å². The first-order chi connectivity index (χ1) is 17.0. The molecule has 0 unspecified atom stereocenters. The number of aromatic nitrogens is 3. The van der Waals surface area contributed by atoms with Crippen molar-refractivity contribution in [3.05, 3.63) is 70.1 Å². The SMILES string of the molecule is NCCCN(CCCN)C(=O)Cc1cc2c(=O)[nH]c(NC(=O)c3ccc4ccccc4c3)nc2[nH]1. The van der Waals surface area contributed by atoms with Crippen LogP contribution >= 0.6 is 0 Å². The van der Waals surface area contributed by atoms with Gasteiger partial charge in [-0.15, -0.1) is 0 Å². The zero-order valence-corrected chi connectivity index (χ0v) is 19.3. The molecule has 0 bridgehead atoms. The van der Waals surface area contributed by atoms with Crippen molar-refractivity contribution in [1.82, 2.24) is 19.9 Å². The third-order valence-electron chi connectivity index (χ3n) is 5.76. The highest BCUT2D eigenvalue weighted by atomic mass is 16.2. The Bertz CT molecular complexity index is 1400.